The predicted octanol–water partition coefficient (Wildman–Crippen LogP) is -0.226. The quantitative estimate of drug-likeness (QED) is 0.608. The van der Waals surface area contributed by atoms with Crippen LogP contribution in [0.25, 0.3) is 0 Å². The minimum atomic E-state index is -0.0586. The summed E-state index contributed by atoms with van der Waals surface area (Å²) in [6.45, 7) is 1.31. The van der Waals surface area contributed by atoms with Crippen LogP contribution in [0.2, 0.25) is 0 Å². The first-order valence-corrected chi connectivity index (χ1v) is 3.62. The summed E-state index contributed by atoms with van der Waals surface area (Å²) in [5.41, 5.74) is 0. The van der Waals surface area contributed by atoms with Crippen LogP contribution in [0, 0.1) is 0 Å². The Hall–Kier alpha value is -0.870. The number of rotatable bonds is 1. The number of aliphatic hydroxyl groups is 1. The van der Waals surface area contributed by atoms with E-state index in [0.29, 0.717) is 13.2 Å². The molecular formula is C7H10N2O2. The molecule has 0 spiro atoms. The lowest BCUT2D eigenvalue weighted by Crippen LogP contribution is -2.29. The second-order valence-electron chi connectivity index (χ2n) is 2.61. The molecule has 1 aromatic rings. The fraction of sp³-hybridized carbons (Fsp3) is 0.571. The first kappa shape index (κ1) is 6.82. The van der Waals surface area contributed by atoms with Gasteiger partial charge in [0, 0.05) is 12.4 Å². The van der Waals surface area contributed by atoms with Gasteiger partial charge in [-0.05, 0) is 0 Å². The van der Waals surface area contributed by atoms with Crippen LogP contribution < -0.4 is 0 Å². The third-order valence-corrected chi connectivity index (χ3v) is 1.85. The highest BCUT2D eigenvalue weighted by atomic mass is 16.5. The van der Waals surface area contributed by atoms with Crippen LogP contribution in [-0.2, 0) is 17.9 Å². The van der Waals surface area contributed by atoms with E-state index in [9.17, 15) is 0 Å². The second kappa shape index (κ2) is 2.64. The molecule has 1 aliphatic rings. The summed E-state index contributed by atoms with van der Waals surface area (Å²) in [7, 11) is 0. The van der Waals surface area contributed by atoms with Gasteiger partial charge in [0.15, 0.2) is 0 Å². The lowest BCUT2D eigenvalue weighted by atomic mass is 10.3. The summed E-state index contributed by atoms with van der Waals surface area (Å²) in [4.78, 5) is 4.08. The molecular weight excluding hydrogens is 144 g/mol. The van der Waals surface area contributed by atoms with E-state index >= 15 is 0 Å². The van der Waals surface area contributed by atoms with Gasteiger partial charge in [0.2, 0.25) is 0 Å². The van der Waals surface area contributed by atoms with Crippen LogP contribution in [0.4, 0.5) is 0 Å². The predicted molar refractivity (Wildman–Crippen MR) is 37.9 cm³/mol. The molecule has 2 heterocycles. The average molecular weight is 154 g/mol. The largest absolute Gasteiger partial charge is 0.394 e. The van der Waals surface area contributed by atoms with Crippen molar-refractivity contribution < 1.29 is 9.84 Å². The van der Waals surface area contributed by atoms with E-state index in [1.807, 2.05) is 10.8 Å². The van der Waals surface area contributed by atoms with Crippen molar-refractivity contribution in [3.8, 4) is 0 Å². The molecule has 0 saturated carbocycles. The summed E-state index contributed by atoms with van der Waals surface area (Å²) < 4.78 is 7.28. The Morgan fingerprint density at radius 3 is 3.55 bits per heavy atom. The molecule has 0 saturated heterocycles. The van der Waals surface area contributed by atoms with Gasteiger partial charge in [0.05, 0.1) is 19.3 Å². The molecule has 1 atom stereocenters. The van der Waals surface area contributed by atoms with Crippen molar-refractivity contribution in [2.75, 3.05) is 6.61 Å². The van der Waals surface area contributed by atoms with Gasteiger partial charge in [0.1, 0.15) is 12.4 Å². The molecule has 1 aromatic heterocycles. The Morgan fingerprint density at radius 2 is 2.73 bits per heavy atom. The topological polar surface area (TPSA) is 47.3 Å². The van der Waals surface area contributed by atoms with Crippen molar-refractivity contribution in [1.29, 1.82) is 0 Å². The smallest absolute Gasteiger partial charge is 0.134 e. The molecule has 0 aromatic carbocycles. The molecule has 11 heavy (non-hydrogen) atoms. The lowest BCUT2D eigenvalue weighted by molar-refractivity contribution is -0.0293. The number of imidazole rings is 1. The average Bonchev–Trinajstić information content (AvgIpc) is 2.50. The molecule has 4 heteroatoms. The van der Waals surface area contributed by atoms with Crippen molar-refractivity contribution in [2.45, 2.75) is 19.3 Å². The highest BCUT2D eigenvalue weighted by molar-refractivity contribution is 4.93. The molecule has 0 radical (unpaired) electrons. The first-order chi connectivity index (χ1) is 5.40. The zero-order valence-corrected chi connectivity index (χ0v) is 6.10. The van der Waals surface area contributed by atoms with Crippen LogP contribution in [-0.4, -0.2) is 27.4 Å². The van der Waals surface area contributed by atoms with Gasteiger partial charge in [-0.15, -0.1) is 0 Å². The van der Waals surface area contributed by atoms with E-state index in [0.717, 1.165) is 5.82 Å². The van der Waals surface area contributed by atoms with Gasteiger partial charge < -0.3 is 14.4 Å². The van der Waals surface area contributed by atoms with Gasteiger partial charge in [-0.3, -0.25) is 0 Å². The summed E-state index contributed by atoms with van der Waals surface area (Å²) in [5, 5.41) is 8.80. The minimum Gasteiger partial charge on any atom is -0.394 e. The zero-order valence-electron chi connectivity index (χ0n) is 6.10. The summed E-state index contributed by atoms with van der Waals surface area (Å²) in [6.07, 6.45) is 3.59. The monoisotopic (exact) mass is 154 g/mol. The Balaban J connectivity index is 2.18. The molecule has 0 amide bonds. The van der Waals surface area contributed by atoms with E-state index in [1.54, 1.807) is 6.20 Å². The first-order valence-electron chi connectivity index (χ1n) is 3.62. The van der Waals surface area contributed by atoms with Crippen molar-refractivity contribution in [2.24, 2.45) is 0 Å². The van der Waals surface area contributed by atoms with Crippen LogP contribution in [0.5, 0.6) is 0 Å². The lowest BCUT2D eigenvalue weighted by Gasteiger charge is -2.22. The maximum atomic E-state index is 8.80. The number of hydrogen-bond donors (Lipinski definition) is 1. The van der Waals surface area contributed by atoms with Gasteiger partial charge >= 0.3 is 0 Å². The summed E-state index contributed by atoms with van der Waals surface area (Å²) in [5.74, 6) is 0.940. The Bertz CT molecular complexity index is 246. The molecule has 2 rings (SSSR count). The molecule has 60 valence electrons. The summed E-state index contributed by atoms with van der Waals surface area (Å²) in [6, 6.07) is 0. The molecule has 0 bridgehead atoms. The maximum Gasteiger partial charge on any atom is 0.134 e. The highest BCUT2D eigenvalue weighted by Gasteiger charge is 2.17. The molecule has 0 fully saturated rings. The fourth-order valence-corrected chi connectivity index (χ4v) is 1.22. The SMILES string of the molecule is OCC1Cn2ccnc2CO1. The molecule has 1 N–H and O–H groups in total. The Kier molecular flexibility index (Phi) is 1.63. The minimum absolute atomic E-state index is 0.0586. The molecule has 0 aliphatic carbocycles. The number of hydrogen-bond acceptors (Lipinski definition) is 3. The van der Waals surface area contributed by atoms with E-state index in [4.69, 9.17) is 9.84 Å². The van der Waals surface area contributed by atoms with Crippen molar-refractivity contribution in [3.05, 3.63) is 18.2 Å². The standard InChI is InChI=1S/C7H10N2O2/c10-4-6-3-9-2-1-8-7(9)5-11-6/h1-2,6,10H,3-5H2. The summed E-state index contributed by atoms with van der Waals surface area (Å²) >= 11 is 0. The molecule has 4 nitrogen and oxygen atoms in total. The van der Waals surface area contributed by atoms with Gasteiger partial charge in [0.25, 0.3) is 0 Å². The van der Waals surface area contributed by atoms with Crippen LogP contribution in [0.15, 0.2) is 12.4 Å². The second-order valence-corrected chi connectivity index (χ2v) is 2.61. The van der Waals surface area contributed by atoms with Gasteiger partial charge in [-0.2, -0.15) is 0 Å². The Labute approximate surface area is 64.4 Å². The Morgan fingerprint density at radius 1 is 1.82 bits per heavy atom. The van der Waals surface area contributed by atoms with Gasteiger partial charge in [-0.1, -0.05) is 0 Å². The fourth-order valence-electron chi connectivity index (χ4n) is 1.22. The van der Waals surface area contributed by atoms with Crippen molar-refractivity contribution >= 4 is 0 Å². The third kappa shape index (κ3) is 1.15. The third-order valence-electron chi connectivity index (χ3n) is 1.85. The van der Waals surface area contributed by atoms with Crippen LogP contribution in [0.1, 0.15) is 5.82 Å². The number of aromatic nitrogens is 2. The normalized spacial score (nSPS) is 23.2. The van der Waals surface area contributed by atoms with E-state index in [1.165, 1.54) is 0 Å². The molecule has 1 unspecified atom stereocenters. The van der Waals surface area contributed by atoms with Crippen molar-refractivity contribution in [3.63, 3.8) is 0 Å². The van der Waals surface area contributed by atoms with E-state index in [-0.39, 0.29) is 12.7 Å². The van der Waals surface area contributed by atoms with E-state index in [2.05, 4.69) is 4.98 Å². The van der Waals surface area contributed by atoms with Crippen molar-refractivity contribution in [1.82, 2.24) is 9.55 Å². The zero-order chi connectivity index (χ0) is 7.68. The van der Waals surface area contributed by atoms with Gasteiger partial charge in [-0.25, -0.2) is 4.98 Å². The van der Waals surface area contributed by atoms with Crippen LogP contribution >= 0.6 is 0 Å². The van der Waals surface area contributed by atoms with Crippen LogP contribution in [0.3, 0.4) is 0 Å². The number of nitrogens with zero attached hydrogens (tertiary/aromatic N) is 2. The highest BCUT2D eigenvalue weighted by Crippen LogP contribution is 2.10. The number of ether oxygens (including phenoxy) is 1. The number of aliphatic hydroxyl groups excluding tert-OH is 1. The van der Waals surface area contributed by atoms with E-state index < -0.39 is 0 Å². The maximum absolute atomic E-state index is 8.80. The molecule has 1 aliphatic heterocycles. The number of fused-ring (bicyclic) bond motifs is 1.